The lowest BCUT2D eigenvalue weighted by molar-refractivity contribution is -0.141. The van der Waals surface area contributed by atoms with Crippen LogP contribution in [0.3, 0.4) is 0 Å². The minimum Gasteiger partial charge on any atom is -0.425 e. The van der Waals surface area contributed by atoms with Gasteiger partial charge in [0.2, 0.25) is 0 Å². The molecule has 42 heavy (non-hydrogen) atoms. The molecule has 0 atom stereocenters. The van der Waals surface area contributed by atoms with Crippen LogP contribution in [0, 0.1) is 23.7 Å². The smallest absolute Gasteiger partial charge is 0.314 e. The van der Waals surface area contributed by atoms with Gasteiger partial charge < -0.3 is 9.47 Å². The molecule has 0 amide bonds. The monoisotopic (exact) mass is 604 g/mol. The van der Waals surface area contributed by atoms with Crippen LogP contribution >= 0.6 is 22.7 Å². The number of aromatic nitrogens is 2. The summed E-state index contributed by atoms with van der Waals surface area (Å²) in [5, 5.41) is 1.38. The maximum Gasteiger partial charge on any atom is 0.314 e. The van der Waals surface area contributed by atoms with E-state index in [2.05, 4.69) is 0 Å². The normalized spacial score (nSPS) is 22.6. The molecule has 10 heteroatoms. The zero-order valence-corrected chi connectivity index (χ0v) is 25.2. The summed E-state index contributed by atoms with van der Waals surface area (Å²) in [5.74, 6) is -0.134. The van der Waals surface area contributed by atoms with Crippen molar-refractivity contribution < 1.29 is 28.7 Å². The Bertz CT molecular complexity index is 1560. The molecule has 2 aromatic carbocycles. The molecular weight excluding hydrogens is 572 g/mol. The van der Waals surface area contributed by atoms with E-state index in [9.17, 15) is 19.2 Å². The first-order valence-electron chi connectivity index (χ1n) is 14.5. The molecule has 2 heterocycles. The largest absolute Gasteiger partial charge is 0.425 e. The van der Waals surface area contributed by atoms with Gasteiger partial charge in [0.15, 0.2) is 21.5 Å². The number of fused-ring (bicyclic) bond motifs is 2. The fourth-order valence-electron chi connectivity index (χ4n) is 6.03. The van der Waals surface area contributed by atoms with Crippen molar-refractivity contribution in [3.63, 3.8) is 0 Å². The van der Waals surface area contributed by atoms with Gasteiger partial charge in [0.25, 0.3) is 0 Å². The van der Waals surface area contributed by atoms with E-state index in [-0.39, 0.29) is 47.2 Å². The summed E-state index contributed by atoms with van der Waals surface area (Å²) < 4.78 is 13.5. The van der Waals surface area contributed by atoms with Crippen molar-refractivity contribution in [2.24, 2.45) is 23.7 Å². The van der Waals surface area contributed by atoms with Crippen LogP contribution in [0.4, 0.5) is 0 Å². The minimum atomic E-state index is -0.334. The average molecular weight is 605 g/mol. The molecule has 2 aliphatic rings. The van der Waals surface area contributed by atoms with E-state index in [1.54, 1.807) is 26.0 Å². The predicted molar refractivity (Wildman–Crippen MR) is 162 cm³/mol. The molecular formula is C32H32N2O6S2. The highest BCUT2D eigenvalue weighted by atomic mass is 32.1. The van der Waals surface area contributed by atoms with Crippen LogP contribution in [0.25, 0.3) is 30.4 Å². The van der Waals surface area contributed by atoms with Crippen LogP contribution in [-0.4, -0.2) is 33.5 Å². The zero-order chi connectivity index (χ0) is 29.4. The van der Waals surface area contributed by atoms with Gasteiger partial charge in [0.05, 0.1) is 22.1 Å². The molecule has 2 aromatic heterocycles. The fraction of sp³-hybridized carbons (Fsp3) is 0.438. The number of nitrogens with zero attached hydrogens (tertiary/aromatic N) is 2. The van der Waals surface area contributed by atoms with E-state index in [1.807, 2.05) is 24.3 Å². The number of carbonyl (C=O) groups excluding carboxylic acids is 4. The Morgan fingerprint density at radius 2 is 1.14 bits per heavy atom. The molecule has 2 saturated carbocycles. The van der Waals surface area contributed by atoms with Gasteiger partial charge in [-0.25, -0.2) is 9.97 Å². The summed E-state index contributed by atoms with van der Waals surface area (Å²) in [6, 6.07) is 11.2. The standard InChI is InChI=1S/C32H32N2O6S2/c1-17(35)19-7-11-21(12-8-19)31(37)39-24-15-16-25(40-32(38)22-13-9-20(10-14-22)18(2)36)28-27(24)34-30(42-28)29-33-23-5-3-4-6-26(23)41-29/h3-6,15-16,19-22H,7-14H2,1-2H3. The molecule has 0 bridgehead atoms. The maximum absolute atomic E-state index is 13.2. The number of carbonyl (C=O) groups is 4. The predicted octanol–water partition coefficient (Wildman–Crippen LogP) is 7.17. The van der Waals surface area contributed by atoms with Crippen LogP contribution in [0.15, 0.2) is 36.4 Å². The van der Waals surface area contributed by atoms with Gasteiger partial charge in [-0.1, -0.05) is 12.1 Å². The summed E-state index contributed by atoms with van der Waals surface area (Å²) in [6.07, 6.45) is 5.22. The van der Waals surface area contributed by atoms with Crippen molar-refractivity contribution in [1.82, 2.24) is 9.97 Å². The minimum absolute atomic E-state index is 0.0159. The lowest BCUT2D eigenvalue weighted by atomic mass is 9.80. The Hall–Kier alpha value is -3.50. The van der Waals surface area contributed by atoms with Gasteiger partial charge in [0, 0.05) is 11.8 Å². The topological polar surface area (TPSA) is 113 Å². The van der Waals surface area contributed by atoms with Crippen molar-refractivity contribution in [2.75, 3.05) is 0 Å². The second-order valence-electron chi connectivity index (χ2n) is 11.4. The van der Waals surface area contributed by atoms with E-state index < -0.39 is 0 Å². The van der Waals surface area contributed by atoms with Crippen LogP contribution in [0.2, 0.25) is 0 Å². The summed E-state index contributed by atoms with van der Waals surface area (Å²) >= 11 is 2.87. The number of benzene rings is 2. The first kappa shape index (κ1) is 28.6. The van der Waals surface area contributed by atoms with Gasteiger partial charge in [-0.3, -0.25) is 19.2 Å². The molecule has 2 aliphatic carbocycles. The van der Waals surface area contributed by atoms with E-state index in [0.717, 1.165) is 15.2 Å². The zero-order valence-electron chi connectivity index (χ0n) is 23.6. The van der Waals surface area contributed by atoms with Crippen molar-refractivity contribution in [1.29, 1.82) is 0 Å². The molecule has 4 aromatic rings. The summed E-state index contributed by atoms with van der Waals surface area (Å²) in [7, 11) is 0. The maximum atomic E-state index is 13.2. The molecule has 0 N–H and O–H groups in total. The van der Waals surface area contributed by atoms with Crippen molar-refractivity contribution in [3.8, 4) is 21.5 Å². The molecule has 0 spiro atoms. The number of ether oxygens (including phenoxy) is 2. The molecule has 8 nitrogen and oxygen atoms in total. The Kier molecular flexibility index (Phi) is 8.18. The Morgan fingerprint density at radius 1 is 0.643 bits per heavy atom. The van der Waals surface area contributed by atoms with E-state index in [4.69, 9.17) is 19.4 Å². The first-order chi connectivity index (χ1) is 20.3. The second kappa shape index (κ2) is 12.0. The number of Topliss-reactive ketones (excluding diaryl/α,β-unsaturated/α-hetero) is 2. The van der Waals surface area contributed by atoms with E-state index in [1.165, 1.54) is 22.7 Å². The Balaban J connectivity index is 1.28. The third kappa shape index (κ3) is 5.87. The van der Waals surface area contributed by atoms with Crippen molar-refractivity contribution in [2.45, 2.75) is 65.2 Å². The molecule has 0 saturated heterocycles. The summed E-state index contributed by atoms with van der Waals surface area (Å²) in [4.78, 5) is 59.5. The summed E-state index contributed by atoms with van der Waals surface area (Å²) in [5.41, 5.74) is 1.32. The van der Waals surface area contributed by atoms with Gasteiger partial charge in [-0.05, 0) is 89.5 Å². The Morgan fingerprint density at radius 3 is 1.71 bits per heavy atom. The van der Waals surface area contributed by atoms with Gasteiger partial charge in [-0.15, -0.1) is 22.7 Å². The lowest BCUT2D eigenvalue weighted by Gasteiger charge is -2.25. The van der Waals surface area contributed by atoms with Gasteiger partial charge in [-0.2, -0.15) is 0 Å². The van der Waals surface area contributed by atoms with Crippen LogP contribution in [0.5, 0.6) is 11.5 Å². The number of ketones is 2. The highest BCUT2D eigenvalue weighted by Crippen LogP contribution is 2.43. The van der Waals surface area contributed by atoms with Crippen LogP contribution in [0.1, 0.15) is 65.2 Å². The summed E-state index contributed by atoms with van der Waals surface area (Å²) in [6.45, 7) is 3.22. The van der Waals surface area contributed by atoms with Crippen LogP contribution in [-0.2, 0) is 19.2 Å². The number of esters is 2. The second-order valence-corrected chi connectivity index (χ2v) is 13.4. The lowest BCUT2D eigenvalue weighted by Crippen LogP contribution is -2.28. The number of thiazole rings is 2. The molecule has 2 fully saturated rings. The van der Waals surface area contributed by atoms with Crippen molar-refractivity contribution in [3.05, 3.63) is 36.4 Å². The van der Waals surface area contributed by atoms with E-state index >= 15 is 0 Å². The average Bonchev–Trinajstić information content (AvgIpc) is 3.64. The number of rotatable bonds is 7. The first-order valence-corrected chi connectivity index (χ1v) is 16.1. The van der Waals surface area contributed by atoms with Crippen molar-refractivity contribution >= 4 is 66.6 Å². The quantitative estimate of drug-likeness (QED) is 0.161. The SMILES string of the molecule is CC(=O)C1CCC(C(=O)Oc2ccc(OC(=O)C3CCC(C(C)=O)CC3)c3sc(-c4nc5ccccc5s4)nc23)CC1. The van der Waals surface area contributed by atoms with Crippen LogP contribution < -0.4 is 9.47 Å². The van der Waals surface area contributed by atoms with E-state index in [0.29, 0.717) is 78.1 Å². The third-order valence-electron chi connectivity index (χ3n) is 8.64. The molecule has 218 valence electrons. The molecule has 6 rings (SSSR count). The molecule has 0 radical (unpaired) electrons. The Labute approximate surface area is 251 Å². The fourth-order valence-corrected chi connectivity index (χ4v) is 8.05. The van der Waals surface area contributed by atoms with Gasteiger partial charge in [0.1, 0.15) is 21.8 Å². The number of hydrogen-bond donors (Lipinski definition) is 0. The van der Waals surface area contributed by atoms with Gasteiger partial charge >= 0.3 is 11.9 Å². The highest BCUT2D eigenvalue weighted by Gasteiger charge is 2.32. The molecule has 0 unspecified atom stereocenters. The number of para-hydroxylation sites is 1. The molecule has 0 aliphatic heterocycles. The number of hydrogen-bond acceptors (Lipinski definition) is 10. The third-order valence-corrected chi connectivity index (χ3v) is 10.9. The highest BCUT2D eigenvalue weighted by molar-refractivity contribution is 7.28.